The maximum Gasteiger partial charge on any atom is 0.138 e. The molecule has 1 heterocycles. The second kappa shape index (κ2) is 5.87. The van der Waals surface area contributed by atoms with Crippen LogP contribution in [0.1, 0.15) is 19.8 Å². The van der Waals surface area contributed by atoms with Crippen molar-refractivity contribution >= 4 is 16.7 Å². The Labute approximate surface area is 124 Å². The SMILES string of the molecule is CCCCOc1ccc(-c2nc3c(N)cccc3[nH]2)cc1. The van der Waals surface area contributed by atoms with Crippen LogP contribution in [0.2, 0.25) is 0 Å². The Bertz CT molecular complexity index is 731. The van der Waals surface area contributed by atoms with Crippen molar-refractivity contribution in [2.45, 2.75) is 19.8 Å². The van der Waals surface area contributed by atoms with Gasteiger partial charge in [-0.05, 0) is 42.8 Å². The van der Waals surface area contributed by atoms with Gasteiger partial charge in [0.05, 0.1) is 17.8 Å². The molecular weight excluding hydrogens is 262 g/mol. The molecule has 0 aliphatic heterocycles. The van der Waals surface area contributed by atoms with Crippen LogP contribution in [0.5, 0.6) is 5.75 Å². The number of aromatic nitrogens is 2. The quantitative estimate of drug-likeness (QED) is 0.549. The topological polar surface area (TPSA) is 63.9 Å². The van der Waals surface area contributed by atoms with Crippen molar-refractivity contribution in [1.29, 1.82) is 0 Å². The minimum absolute atomic E-state index is 0.689. The fraction of sp³-hybridized carbons (Fsp3) is 0.235. The van der Waals surface area contributed by atoms with Crippen LogP contribution >= 0.6 is 0 Å². The van der Waals surface area contributed by atoms with E-state index in [1.54, 1.807) is 0 Å². The fourth-order valence-corrected chi connectivity index (χ4v) is 2.23. The molecule has 0 atom stereocenters. The molecule has 3 aromatic rings. The second-order valence-corrected chi connectivity index (χ2v) is 5.06. The Morgan fingerprint density at radius 1 is 1.14 bits per heavy atom. The molecule has 4 heteroatoms. The molecule has 1 aromatic heterocycles. The summed E-state index contributed by atoms with van der Waals surface area (Å²) >= 11 is 0. The van der Waals surface area contributed by atoms with Crippen molar-refractivity contribution in [2.75, 3.05) is 12.3 Å². The maximum absolute atomic E-state index is 5.94. The van der Waals surface area contributed by atoms with Gasteiger partial charge in [-0.15, -0.1) is 0 Å². The summed E-state index contributed by atoms with van der Waals surface area (Å²) in [6.07, 6.45) is 2.21. The summed E-state index contributed by atoms with van der Waals surface area (Å²) in [7, 11) is 0. The first kappa shape index (κ1) is 13.5. The summed E-state index contributed by atoms with van der Waals surface area (Å²) in [6.45, 7) is 2.91. The first-order valence-electron chi connectivity index (χ1n) is 7.25. The number of rotatable bonds is 5. The van der Waals surface area contributed by atoms with Gasteiger partial charge in [0.15, 0.2) is 0 Å². The number of anilines is 1. The highest BCUT2D eigenvalue weighted by molar-refractivity contribution is 5.89. The molecule has 0 saturated heterocycles. The lowest BCUT2D eigenvalue weighted by Gasteiger charge is -2.05. The Morgan fingerprint density at radius 3 is 2.67 bits per heavy atom. The number of nitrogens with two attached hydrogens (primary N) is 1. The van der Waals surface area contributed by atoms with Crippen molar-refractivity contribution < 1.29 is 4.74 Å². The molecule has 3 N–H and O–H groups in total. The van der Waals surface area contributed by atoms with Gasteiger partial charge in [-0.25, -0.2) is 4.98 Å². The Balaban J connectivity index is 1.83. The van der Waals surface area contributed by atoms with Crippen molar-refractivity contribution in [3.63, 3.8) is 0 Å². The summed E-state index contributed by atoms with van der Waals surface area (Å²) in [6, 6.07) is 13.7. The van der Waals surface area contributed by atoms with Gasteiger partial charge in [0.1, 0.15) is 17.1 Å². The molecule has 0 amide bonds. The lowest BCUT2D eigenvalue weighted by molar-refractivity contribution is 0.309. The number of imidazole rings is 1. The van der Waals surface area contributed by atoms with Crippen LogP contribution in [0.4, 0.5) is 5.69 Å². The normalized spacial score (nSPS) is 10.9. The third kappa shape index (κ3) is 2.84. The number of benzene rings is 2. The molecule has 2 aromatic carbocycles. The molecular formula is C17H19N3O. The third-order valence-corrected chi connectivity index (χ3v) is 3.44. The van der Waals surface area contributed by atoms with Crippen LogP contribution in [0.25, 0.3) is 22.4 Å². The van der Waals surface area contributed by atoms with E-state index in [4.69, 9.17) is 10.5 Å². The number of fused-ring (bicyclic) bond motifs is 1. The third-order valence-electron chi connectivity index (χ3n) is 3.44. The van der Waals surface area contributed by atoms with Gasteiger partial charge in [-0.2, -0.15) is 0 Å². The molecule has 0 unspecified atom stereocenters. The number of para-hydroxylation sites is 1. The van der Waals surface area contributed by atoms with Crippen molar-refractivity contribution in [2.24, 2.45) is 0 Å². The van der Waals surface area contributed by atoms with Crippen LogP contribution in [0, 0.1) is 0 Å². The van der Waals surface area contributed by atoms with Gasteiger partial charge < -0.3 is 15.5 Å². The zero-order valence-corrected chi connectivity index (χ0v) is 12.1. The highest BCUT2D eigenvalue weighted by Crippen LogP contribution is 2.25. The number of H-pyrrole nitrogens is 1. The van der Waals surface area contributed by atoms with Gasteiger partial charge in [-0.3, -0.25) is 0 Å². The minimum Gasteiger partial charge on any atom is -0.494 e. The number of aromatic amines is 1. The van der Waals surface area contributed by atoms with E-state index in [1.807, 2.05) is 42.5 Å². The van der Waals surface area contributed by atoms with E-state index in [9.17, 15) is 0 Å². The van der Waals surface area contributed by atoms with E-state index in [-0.39, 0.29) is 0 Å². The molecule has 0 aliphatic carbocycles. The smallest absolute Gasteiger partial charge is 0.138 e. The molecule has 0 saturated carbocycles. The number of hydrogen-bond acceptors (Lipinski definition) is 3. The van der Waals surface area contributed by atoms with Crippen LogP contribution in [0.15, 0.2) is 42.5 Å². The first-order chi connectivity index (χ1) is 10.3. The Kier molecular flexibility index (Phi) is 3.77. The zero-order chi connectivity index (χ0) is 14.7. The van der Waals surface area contributed by atoms with Crippen LogP contribution in [-0.2, 0) is 0 Å². The largest absolute Gasteiger partial charge is 0.494 e. The highest BCUT2D eigenvalue weighted by atomic mass is 16.5. The van der Waals surface area contributed by atoms with E-state index in [0.717, 1.165) is 47.6 Å². The molecule has 0 radical (unpaired) electrons. The monoisotopic (exact) mass is 281 g/mol. The number of nitrogens with one attached hydrogen (secondary N) is 1. The molecule has 4 nitrogen and oxygen atoms in total. The predicted molar refractivity (Wildman–Crippen MR) is 86.3 cm³/mol. The number of nitrogens with zero attached hydrogens (tertiary/aromatic N) is 1. The van der Waals surface area contributed by atoms with Gasteiger partial charge >= 0.3 is 0 Å². The van der Waals surface area contributed by atoms with E-state index in [2.05, 4.69) is 16.9 Å². The van der Waals surface area contributed by atoms with E-state index in [0.29, 0.717) is 5.69 Å². The maximum atomic E-state index is 5.94. The molecule has 108 valence electrons. The van der Waals surface area contributed by atoms with Crippen molar-refractivity contribution in [3.8, 4) is 17.1 Å². The number of hydrogen-bond donors (Lipinski definition) is 2. The lowest BCUT2D eigenvalue weighted by atomic mass is 10.2. The van der Waals surface area contributed by atoms with Crippen LogP contribution in [-0.4, -0.2) is 16.6 Å². The summed E-state index contributed by atoms with van der Waals surface area (Å²) in [5.41, 5.74) is 9.42. The van der Waals surface area contributed by atoms with Crippen LogP contribution in [0.3, 0.4) is 0 Å². The number of unbranched alkanes of at least 4 members (excludes halogenated alkanes) is 1. The van der Waals surface area contributed by atoms with Crippen molar-refractivity contribution in [3.05, 3.63) is 42.5 Å². The highest BCUT2D eigenvalue weighted by Gasteiger charge is 2.07. The van der Waals surface area contributed by atoms with E-state index < -0.39 is 0 Å². The average molecular weight is 281 g/mol. The van der Waals surface area contributed by atoms with E-state index in [1.165, 1.54) is 0 Å². The van der Waals surface area contributed by atoms with Gasteiger partial charge in [-0.1, -0.05) is 19.4 Å². The van der Waals surface area contributed by atoms with Crippen LogP contribution < -0.4 is 10.5 Å². The molecule has 21 heavy (non-hydrogen) atoms. The standard InChI is InChI=1S/C17H19N3O/c1-2-3-11-21-13-9-7-12(8-10-13)17-19-15-6-4-5-14(18)16(15)20-17/h4-10H,2-3,11,18H2,1H3,(H,19,20). The molecule has 3 rings (SSSR count). The summed E-state index contributed by atoms with van der Waals surface area (Å²) in [5.74, 6) is 1.71. The summed E-state index contributed by atoms with van der Waals surface area (Å²) in [4.78, 5) is 7.86. The predicted octanol–water partition coefficient (Wildman–Crippen LogP) is 3.99. The summed E-state index contributed by atoms with van der Waals surface area (Å²) in [5, 5.41) is 0. The fourth-order valence-electron chi connectivity index (χ4n) is 2.23. The number of ether oxygens (including phenoxy) is 1. The lowest BCUT2D eigenvalue weighted by Crippen LogP contribution is -1.96. The summed E-state index contributed by atoms with van der Waals surface area (Å²) < 4.78 is 5.66. The zero-order valence-electron chi connectivity index (χ0n) is 12.1. The second-order valence-electron chi connectivity index (χ2n) is 5.06. The van der Waals surface area contributed by atoms with Gasteiger partial charge in [0.2, 0.25) is 0 Å². The van der Waals surface area contributed by atoms with Gasteiger partial charge in [0.25, 0.3) is 0 Å². The molecule has 0 fully saturated rings. The van der Waals surface area contributed by atoms with Gasteiger partial charge in [0, 0.05) is 5.56 Å². The minimum atomic E-state index is 0.689. The first-order valence-corrected chi connectivity index (χ1v) is 7.25. The Hall–Kier alpha value is -2.49. The molecule has 0 bridgehead atoms. The molecule has 0 spiro atoms. The van der Waals surface area contributed by atoms with E-state index >= 15 is 0 Å². The van der Waals surface area contributed by atoms with Crippen molar-refractivity contribution in [1.82, 2.24) is 9.97 Å². The number of nitrogen functional groups attached to an aromatic ring is 1. The average Bonchev–Trinajstić information content (AvgIpc) is 2.94. The molecule has 0 aliphatic rings. The Morgan fingerprint density at radius 2 is 1.95 bits per heavy atom.